The second-order valence-electron chi connectivity index (χ2n) is 4.23. The van der Waals surface area contributed by atoms with E-state index in [0.717, 1.165) is 35.8 Å². The number of ether oxygens (including phenoxy) is 1. The van der Waals surface area contributed by atoms with Crippen LogP contribution in [-0.4, -0.2) is 9.78 Å². The van der Waals surface area contributed by atoms with Gasteiger partial charge in [0.2, 0.25) is 0 Å². The molecular formula is C13H19N3O2. The number of hydrogen-bond donors (Lipinski definition) is 1. The summed E-state index contributed by atoms with van der Waals surface area (Å²) >= 11 is 0. The molecule has 0 spiro atoms. The van der Waals surface area contributed by atoms with E-state index < -0.39 is 0 Å². The zero-order valence-electron chi connectivity index (χ0n) is 10.8. The largest absolute Gasteiger partial charge is 0.482 e. The van der Waals surface area contributed by atoms with Gasteiger partial charge in [0, 0.05) is 18.7 Å². The molecule has 0 unspecified atom stereocenters. The molecule has 0 saturated carbocycles. The van der Waals surface area contributed by atoms with Gasteiger partial charge >= 0.3 is 0 Å². The average molecular weight is 249 g/mol. The molecule has 0 fully saturated rings. The van der Waals surface area contributed by atoms with Crippen LogP contribution in [0.4, 0.5) is 0 Å². The summed E-state index contributed by atoms with van der Waals surface area (Å²) in [4.78, 5) is 0. The lowest BCUT2D eigenvalue weighted by Gasteiger charge is -1.99. The quantitative estimate of drug-likeness (QED) is 0.852. The van der Waals surface area contributed by atoms with E-state index in [-0.39, 0.29) is 0 Å². The first-order chi connectivity index (χ1) is 8.72. The van der Waals surface area contributed by atoms with Crippen molar-refractivity contribution in [3.8, 4) is 5.75 Å². The fourth-order valence-corrected chi connectivity index (χ4v) is 1.79. The maximum atomic E-state index is 5.61. The topological polar surface area (TPSA) is 66.2 Å². The van der Waals surface area contributed by atoms with E-state index in [9.17, 15) is 0 Å². The van der Waals surface area contributed by atoms with Crippen molar-refractivity contribution in [3.63, 3.8) is 0 Å². The van der Waals surface area contributed by atoms with E-state index in [1.165, 1.54) is 0 Å². The van der Waals surface area contributed by atoms with Gasteiger partial charge in [-0.3, -0.25) is 4.68 Å². The van der Waals surface area contributed by atoms with Gasteiger partial charge in [-0.2, -0.15) is 5.10 Å². The summed E-state index contributed by atoms with van der Waals surface area (Å²) in [5.41, 5.74) is 6.62. The van der Waals surface area contributed by atoms with Gasteiger partial charge in [-0.25, -0.2) is 0 Å². The number of nitrogens with two attached hydrogens (primary N) is 1. The molecule has 98 valence electrons. The molecule has 0 aromatic carbocycles. The monoisotopic (exact) mass is 249 g/mol. The zero-order valence-corrected chi connectivity index (χ0v) is 10.8. The first-order valence-electron chi connectivity index (χ1n) is 6.16. The summed E-state index contributed by atoms with van der Waals surface area (Å²) < 4.78 is 13.0. The normalized spacial score (nSPS) is 10.8. The Kier molecular flexibility index (Phi) is 4.04. The van der Waals surface area contributed by atoms with Gasteiger partial charge in [0.25, 0.3) is 0 Å². The van der Waals surface area contributed by atoms with Crippen LogP contribution in [-0.2, 0) is 19.7 Å². The number of nitrogens with zero attached hydrogens (tertiary/aromatic N) is 2. The van der Waals surface area contributed by atoms with E-state index >= 15 is 0 Å². The molecule has 2 aromatic heterocycles. The lowest BCUT2D eigenvalue weighted by atomic mass is 10.2. The Labute approximate surface area is 107 Å². The van der Waals surface area contributed by atoms with Crippen molar-refractivity contribution < 1.29 is 9.15 Å². The highest BCUT2D eigenvalue weighted by atomic mass is 16.5. The first-order valence-corrected chi connectivity index (χ1v) is 6.16. The minimum atomic E-state index is 0.401. The number of furan rings is 1. The molecule has 0 atom stereocenters. The van der Waals surface area contributed by atoms with Crippen LogP contribution in [0.5, 0.6) is 5.75 Å². The SMILES string of the molecule is CCCn1cc(OCc2cc(CN)c(C)o2)cn1. The second kappa shape index (κ2) is 5.73. The predicted molar refractivity (Wildman–Crippen MR) is 68.2 cm³/mol. The Morgan fingerprint density at radius 1 is 1.50 bits per heavy atom. The van der Waals surface area contributed by atoms with Crippen LogP contribution in [0.15, 0.2) is 22.9 Å². The number of aromatic nitrogens is 2. The molecule has 2 aromatic rings. The summed E-state index contributed by atoms with van der Waals surface area (Å²) in [6.07, 6.45) is 4.66. The van der Waals surface area contributed by atoms with Gasteiger partial charge in [0.15, 0.2) is 5.75 Å². The molecule has 18 heavy (non-hydrogen) atoms. The lowest BCUT2D eigenvalue weighted by molar-refractivity contribution is 0.267. The van der Waals surface area contributed by atoms with E-state index in [1.807, 2.05) is 23.9 Å². The van der Waals surface area contributed by atoms with Crippen LogP contribution >= 0.6 is 0 Å². The maximum Gasteiger partial charge on any atom is 0.157 e. The van der Waals surface area contributed by atoms with E-state index in [2.05, 4.69) is 12.0 Å². The molecule has 0 aliphatic heterocycles. The van der Waals surface area contributed by atoms with Crippen LogP contribution < -0.4 is 10.5 Å². The highest BCUT2D eigenvalue weighted by Gasteiger charge is 2.07. The standard InChI is InChI=1S/C13H19N3O2/c1-3-4-16-8-13(7-15-16)17-9-12-5-11(6-14)10(2)18-12/h5,7-8H,3-4,6,9,14H2,1-2H3. The van der Waals surface area contributed by atoms with Crippen molar-refractivity contribution in [2.24, 2.45) is 5.73 Å². The number of aryl methyl sites for hydroxylation is 2. The molecule has 5 nitrogen and oxygen atoms in total. The van der Waals surface area contributed by atoms with Gasteiger partial charge < -0.3 is 14.9 Å². The summed E-state index contributed by atoms with van der Waals surface area (Å²) in [5.74, 6) is 2.40. The molecular weight excluding hydrogens is 230 g/mol. The fraction of sp³-hybridized carbons (Fsp3) is 0.462. The Bertz CT molecular complexity index is 502. The second-order valence-corrected chi connectivity index (χ2v) is 4.23. The van der Waals surface area contributed by atoms with Crippen LogP contribution in [0.25, 0.3) is 0 Å². The molecule has 2 heterocycles. The number of rotatable bonds is 6. The Morgan fingerprint density at radius 3 is 3.00 bits per heavy atom. The van der Waals surface area contributed by atoms with Crippen LogP contribution in [0.1, 0.15) is 30.4 Å². The maximum absolute atomic E-state index is 5.61. The van der Waals surface area contributed by atoms with Crippen LogP contribution in [0.3, 0.4) is 0 Å². The summed E-state index contributed by atoms with van der Waals surface area (Å²) in [6.45, 7) is 5.82. The Hall–Kier alpha value is -1.75. The molecule has 5 heteroatoms. The predicted octanol–water partition coefficient (Wildman–Crippen LogP) is 2.23. The smallest absolute Gasteiger partial charge is 0.157 e. The van der Waals surface area contributed by atoms with Crippen molar-refractivity contribution in [1.82, 2.24) is 9.78 Å². The van der Waals surface area contributed by atoms with E-state index in [1.54, 1.807) is 6.20 Å². The Morgan fingerprint density at radius 2 is 2.33 bits per heavy atom. The molecule has 0 radical (unpaired) electrons. The average Bonchev–Trinajstić information content (AvgIpc) is 2.94. The van der Waals surface area contributed by atoms with Crippen molar-refractivity contribution in [1.29, 1.82) is 0 Å². The zero-order chi connectivity index (χ0) is 13.0. The minimum absolute atomic E-state index is 0.401. The van der Waals surface area contributed by atoms with E-state index in [0.29, 0.717) is 13.2 Å². The first kappa shape index (κ1) is 12.7. The molecule has 2 rings (SSSR count). The minimum Gasteiger partial charge on any atom is -0.482 e. The molecule has 2 N–H and O–H groups in total. The van der Waals surface area contributed by atoms with Crippen molar-refractivity contribution in [2.75, 3.05) is 0 Å². The van der Waals surface area contributed by atoms with Gasteiger partial charge in [-0.1, -0.05) is 6.92 Å². The number of hydrogen-bond acceptors (Lipinski definition) is 4. The van der Waals surface area contributed by atoms with Gasteiger partial charge in [0.05, 0.1) is 12.4 Å². The third kappa shape index (κ3) is 2.92. The fourth-order valence-electron chi connectivity index (χ4n) is 1.79. The Balaban J connectivity index is 1.93. The van der Waals surface area contributed by atoms with Crippen LogP contribution in [0.2, 0.25) is 0 Å². The van der Waals surface area contributed by atoms with Gasteiger partial charge in [-0.05, 0) is 19.4 Å². The van der Waals surface area contributed by atoms with E-state index in [4.69, 9.17) is 14.9 Å². The third-order valence-electron chi connectivity index (χ3n) is 2.73. The molecule has 0 saturated heterocycles. The highest BCUT2D eigenvalue weighted by Crippen LogP contribution is 2.17. The molecule has 0 aliphatic carbocycles. The summed E-state index contributed by atoms with van der Waals surface area (Å²) in [6, 6.07) is 1.94. The summed E-state index contributed by atoms with van der Waals surface area (Å²) in [5, 5.41) is 4.20. The highest BCUT2D eigenvalue weighted by molar-refractivity contribution is 5.20. The molecule has 0 amide bonds. The van der Waals surface area contributed by atoms with Crippen molar-refractivity contribution in [2.45, 2.75) is 40.0 Å². The van der Waals surface area contributed by atoms with Gasteiger partial charge in [0.1, 0.15) is 18.1 Å². The molecule has 0 aliphatic rings. The van der Waals surface area contributed by atoms with Gasteiger partial charge in [-0.15, -0.1) is 0 Å². The molecule has 0 bridgehead atoms. The van der Waals surface area contributed by atoms with Crippen molar-refractivity contribution >= 4 is 0 Å². The lowest BCUT2D eigenvalue weighted by Crippen LogP contribution is -1.96. The summed E-state index contributed by atoms with van der Waals surface area (Å²) in [7, 11) is 0. The van der Waals surface area contributed by atoms with Crippen molar-refractivity contribution in [3.05, 3.63) is 35.5 Å². The van der Waals surface area contributed by atoms with Crippen LogP contribution in [0, 0.1) is 6.92 Å². The third-order valence-corrected chi connectivity index (χ3v) is 2.73.